The molecule has 0 saturated carbocycles. The number of hydrogen-bond acceptors (Lipinski definition) is 26. The SMILES string of the molecule is CCOC(=O)[C@H](C)OC(=O)[C@H](C)OC(=O)[C@H](C)OC(=O)[C@H](C)O.CCOC(=O)[C@H](C)OC(=O)[C@H](C)OC(=O)[C@H](C)OC(=O)[C@H](C)OC(=O)/C=C1/SC(N2CCCCC2)C(=O)N1C.CN1C(=O)C(N2CCCCC2)S/C1=C/C(=O)O. The molecule has 0 bridgehead atoms. The number of piperidine rings is 2. The molecule has 4 heterocycles. The highest BCUT2D eigenvalue weighted by Gasteiger charge is 2.41. The van der Waals surface area contributed by atoms with Gasteiger partial charge in [0.05, 0.1) is 35.4 Å². The van der Waals surface area contributed by atoms with Gasteiger partial charge in [0.1, 0.15) is 16.9 Å². The topological polar surface area (TPSA) is 341 Å². The lowest BCUT2D eigenvalue weighted by Crippen LogP contribution is -2.42. The third-order valence-electron chi connectivity index (χ3n) is 11.4. The number of carbonyl (C=O) groups excluding carboxylic acids is 11. The Kier molecular flexibility index (Phi) is 29.6. The quantitative estimate of drug-likeness (QED) is 0.0940. The van der Waals surface area contributed by atoms with Crippen LogP contribution in [0, 0.1) is 0 Å². The molecule has 2 unspecified atom stereocenters. The molecule has 4 saturated heterocycles. The minimum atomic E-state index is -1.44. The van der Waals surface area contributed by atoms with Crippen LogP contribution in [0.25, 0.3) is 0 Å². The van der Waals surface area contributed by atoms with Crippen molar-refractivity contribution < 1.29 is 110 Å². The van der Waals surface area contributed by atoms with Gasteiger partial charge in [-0.1, -0.05) is 36.4 Å². The smallest absolute Gasteiger partial charge is 0.348 e. The number of likely N-dealkylation sites (tertiary alicyclic amines) is 2. The van der Waals surface area contributed by atoms with E-state index in [4.69, 9.17) is 43.4 Å². The minimum absolute atomic E-state index is 0.00981. The summed E-state index contributed by atoms with van der Waals surface area (Å²) in [5.74, 6) is -9.49. The number of hydrogen-bond donors (Lipinski definition) is 2. The molecule has 2 amide bonds. The molecule has 4 aliphatic rings. The number of aliphatic carboxylic acids is 1. The molecular weight excluding hydrogens is 1090 g/mol. The number of carbonyl (C=O) groups is 12. The first kappa shape index (κ1) is 68.8. The van der Waals surface area contributed by atoms with Crippen molar-refractivity contribution in [3.8, 4) is 0 Å². The van der Waals surface area contributed by atoms with Crippen molar-refractivity contribution in [3.63, 3.8) is 0 Å². The Morgan fingerprint density at radius 1 is 0.468 bits per heavy atom. The number of carboxylic acid groups (broad SMARTS) is 1. The molecule has 0 aromatic carbocycles. The van der Waals surface area contributed by atoms with E-state index in [0.717, 1.165) is 70.4 Å². The molecule has 0 radical (unpaired) electrons. The lowest BCUT2D eigenvalue weighted by atomic mass is 10.1. The summed E-state index contributed by atoms with van der Waals surface area (Å²) >= 11 is 2.59. The van der Waals surface area contributed by atoms with E-state index >= 15 is 0 Å². The monoisotopic (exact) mass is 1160 g/mol. The number of nitrogens with zero attached hydrogens (tertiary/aromatic N) is 4. The molecule has 4 rings (SSSR count). The zero-order chi connectivity index (χ0) is 59.8. The zero-order valence-corrected chi connectivity index (χ0v) is 48.1. The molecule has 79 heavy (non-hydrogen) atoms. The summed E-state index contributed by atoms with van der Waals surface area (Å²) < 4.78 is 43.5. The van der Waals surface area contributed by atoms with Crippen molar-refractivity contribution in [2.75, 3.05) is 53.5 Å². The molecule has 2 N–H and O–H groups in total. The third-order valence-corrected chi connectivity index (χ3v) is 14.1. The van der Waals surface area contributed by atoms with E-state index in [1.807, 2.05) is 0 Å². The number of likely N-dealkylation sites (N-methyl/N-ethyl adjacent to an activating group) is 2. The summed E-state index contributed by atoms with van der Waals surface area (Å²) in [6.45, 7) is 16.9. The first-order chi connectivity index (χ1) is 37.0. The van der Waals surface area contributed by atoms with Gasteiger partial charge in [-0.05, 0) is 121 Å². The molecule has 0 aromatic heterocycles. The van der Waals surface area contributed by atoms with E-state index in [-0.39, 0.29) is 30.4 Å². The number of aliphatic hydroxyl groups is 1. The van der Waals surface area contributed by atoms with Crippen LogP contribution < -0.4 is 0 Å². The number of amides is 2. The predicted octanol–water partition coefficient (Wildman–Crippen LogP) is 1.79. The van der Waals surface area contributed by atoms with E-state index in [0.29, 0.717) is 10.1 Å². The van der Waals surface area contributed by atoms with Gasteiger partial charge in [0.2, 0.25) is 0 Å². The zero-order valence-electron chi connectivity index (χ0n) is 46.5. The number of carboxylic acids is 1. The summed E-state index contributed by atoms with van der Waals surface area (Å²) in [7, 11) is 3.20. The molecule has 0 spiro atoms. The van der Waals surface area contributed by atoms with Gasteiger partial charge in [-0.15, -0.1) is 0 Å². The normalized spacial score (nSPS) is 21.6. The maximum absolute atomic E-state index is 12.6. The fourth-order valence-corrected chi connectivity index (χ4v) is 9.48. The maximum Gasteiger partial charge on any atom is 0.348 e. The largest absolute Gasteiger partial charge is 0.478 e. The number of ether oxygens (including phenoxy) is 9. The van der Waals surface area contributed by atoms with E-state index in [1.54, 1.807) is 27.9 Å². The Morgan fingerprint density at radius 3 is 1.04 bits per heavy atom. The van der Waals surface area contributed by atoms with E-state index in [2.05, 4.69) is 19.3 Å². The summed E-state index contributed by atoms with van der Waals surface area (Å²) in [5.41, 5.74) is 0. The van der Waals surface area contributed by atoms with E-state index in [1.165, 1.54) is 95.1 Å². The molecule has 27 nitrogen and oxygen atoms in total. The Balaban J connectivity index is 0.000000449. The molecule has 444 valence electrons. The van der Waals surface area contributed by atoms with Crippen LogP contribution in [0.1, 0.15) is 108 Å². The summed E-state index contributed by atoms with van der Waals surface area (Å²) in [4.78, 5) is 149. The fourth-order valence-electron chi connectivity index (χ4n) is 6.96. The van der Waals surface area contributed by atoms with Crippen LogP contribution in [0.3, 0.4) is 0 Å². The van der Waals surface area contributed by atoms with Crippen LogP contribution in [0.5, 0.6) is 0 Å². The lowest BCUT2D eigenvalue weighted by Gasteiger charge is -2.29. The molecule has 4 fully saturated rings. The summed E-state index contributed by atoms with van der Waals surface area (Å²) in [6, 6.07) is 0. The van der Waals surface area contributed by atoms with Crippen molar-refractivity contribution in [1.29, 1.82) is 0 Å². The molecule has 29 heteroatoms. The Morgan fingerprint density at radius 2 is 0.747 bits per heavy atom. The minimum Gasteiger partial charge on any atom is -0.478 e. The number of rotatable bonds is 21. The Hall–Kier alpha value is -6.30. The standard InChI is InChI=1S/C25H36N2O11S.C14H22O9.C11H16N2O3S/c1-7-34-22(30)14(2)36-24(32)16(4)38-25(33)17(5)37-23(31)15(3)35-19(28)13-18-26(6)20(29)21(39-18)27-11-9-8-10-12-27;1-6-20-12(17)8(3)22-14(19)10(5)23-13(18)9(4)21-11(16)7(2)15;1-12-8(7-9(14)15)17-11(10(12)16)13-5-3-2-4-6-13/h13-17,21H,7-12H2,1-6H3;7-10,15H,6H2,1-5H3;7,11H,2-6H2,1H3,(H,14,15)/b18-13+;;8-7+/t14-,15-,16-,17-,21?;7-,8-,9-,10-;/m00./s1. The van der Waals surface area contributed by atoms with Gasteiger partial charge in [0.15, 0.2) is 42.7 Å². The van der Waals surface area contributed by atoms with Crippen LogP contribution in [0.2, 0.25) is 0 Å². The van der Waals surface area contributed by atoms with Crippen LogP contribution in [0.15, 0.2) is 22.2 Å². The van der Waals surface area contributed by atoms with Crippen LogP contribution in [-0.2, 0) is 100 Å². The molecule has 10 atom stereocenters. The highest BCUT2D eigenvalue weighted by molar-refractivity contribution is 8.05. The van der Waals surface area contributed by atoms with Gasteiger partial charge in [-0.2, -0.15) is 0 Å². The van der Waals surface area contributed by atoms with Gasteiger partial charge >= 0.3 is 59.7 Å². The molecule has 0 aliphatic carbocycles. The number of esters is 9. The van der Waals surface area contributed by atoms with Crippen molar-refractivity contribution >= 4 is 95.0 Å². The third kappa shape index (κ3) is 22.8. The highest BCUT2D eigenvalue weighted by Crippen LogP contribution is 2.38. The average Bonchev–Trinajstić information content (AvgIpc) is 3.90. The lowest BCUT2D eigenvalue weighted by molar-refractivity contribution is -0.184. The van der Waals surface area contributed by atoms with E-state index in [9.17, 15) is 57.5 Å². The second-order valence-electron chi connectivity index (χ2n) is 18.0. The Labute approximate surface area is 466 Å². The molecule has 0 aromatic rings. The van der Waals surface area contributed by atoms with Crippen LogP contribution in [-0.4, -0.2) is 214 Å². The van der Waals surface area contributed by atoms with Gasteiger partial charge in [-0.3, -0.25) is 19.4 Å². The van der Waals surface area contributed by atoms with Crippen LogP contribution in [0.4, 0.5) is 0 Å². The maximum atomic E-state index is 12.6. The van der Waals surface area contributed by atoms with E-state index < -0.39 is 114 Å². The second-order valence-corrected chi connectivity index (χ2v) is 20.2. The van der Waals surface area contributed by atoms with Gasteiger partial charge in [-0.25, -0.2) is 47.9 Å². The fraction of sp³-hybridized carbons (Fsp3) is 0.680. The highest BCUT2D eigenvalue weighted by atomic mass is 32.2. The van der Waals surface area contributed by atoms with Gasteiger partial charge in [0, 0.05) is 14.1 Å². The van der Waals surface area contributed by atoms with Crippen LogP contribution >= 0.6 is 23.5 Å². The van der Waals surface area contributed by atoms with Crippen molar-refractivity contribution in [2.45, 2.75) is 167 Å². The average molecular weight is 1160 g/mol. The Bertz CT molecular complexity index is 2250. The predicted molar refractivity (Wildman–Crippen MR) is 277 cm³/mol. The van der Waals surface area contributed by atoms with Crippen molar-refractivity contribution in [3.05, 3.63) is 22.2 Å². The molecule has 4 aliphatic heterocycles. The number of thioether (sulfide) groups is 2. The molecular formula is C50H74N4O23S2. The first-order valence-corrected chi connectivity index (χ1v) is 27.3. The van der Waals surface area contributed by atoms with Crippen molar-refractivity contribution in [2.24, 2.45) is 0 Å². The number of aliphatic hydroxyl groups excluding tert-OH is 1. The van der Waals surface area contributed by atoms with Crippen molar-refractivity contribution in [1.82, 2.24) is 19.6 Å². The second kappa shape index (κ2) is 34.0. The summed E-state index contributed by atoms with van der Waals surface area (Å²) in [5, 5.41) is 18.0. The van der Waals surface area contributed by atoms with Gasteiger partial charge < -0.3 is 62.6 Å². The summed E-state index contributed by atoms with van der Waals surface area (Å²) in [6.07, 6.45) is -1.72. The van der Waals surface area contributed by atoms with Gasteiger partial charge in [0.25, 0.3) is 11.8 Å². The first-order valence-electron chi connectivity index (χ1n) is 25.5.